The molecule has 28 heavy (non-hydrogen) atoms. The summed E-state index contributed by atoms with van der Waals surface area (Å²) in [5, 5.41) is 4.19. The van der Waals surface area contributed by atoms with E-state index in [0.717, 1.165) is 5.69 Å². The smallest absolute Gasteiger partial charge is 0.254 e. The number of hydrogen-bond donors (Lipinski definition) is 0. The Labute approximate surface area is 161 Å². The Kier molecular flexibility index (Phi) is 5.01. The lowest BCUT2D eigenvalue weighted by molar-refractivity contribution is 0.0770. The van der Waals surface area contributed by atoms with Gasteiger partial charge < -0.3 is 9.64 Å². The van der Waals surface area contributed by atoms with E-state index < -0.39 is 5.82 Å². The summed E-state index contributed by atoms with van der Waals surface area (Å²) in [7, 11) is 0. The highest BCUT2D eigenvalue weighted by molar-refractivity contribution is 5.95. The number of likely N-dealkylation sites (tertiary alicyclic amines) is 1. The van der Waals surface area contributed by atoms with Crippen molar-refractivity contribution in [1.82, 2.24) is 24.6 Å². The second-order valence-corrected chi connectivity index (χ2v) is 6.57. The van der Waals surface area contributed by atoms with Crippen molar-refractivity contribution in [1.29, 1.82) is 0 Å². The molecule has 0 N–H and O–H groups in total. The first-order valence-electron chi connectivity index (χ1n) is 9.21. The number of ether oxygens (including phenoxy) is 1. The first kappa shape index (κ1) is 18.1. The van der Waals surface area contributed by atoms with Crippen LogP contribution >= 0.6 is 0 Å². The number of hydrogen-bond acceptors (Lipinski definition) is 5. The number of benzene rings is 1. The number of aromatic nitrogens is 4. The van der Waals surface area contributed by atoms with Crippen molar-refractivity contribution in [2.75, 3.05) is 13.1 Å². The molecule has 1 saturated heterocycles. The van der Waals surface area contributed by atoms with Gasteiger partial charge in [-0.05, 0) is 30.7 Å². The maximum atomic E-state index is 14.3. The van der Waals surface area contributed by atoms with Gasteiger partial charge in [0.25, 0.3) is 11.8 Å². The molecule has 144 valence electrons. The highest BCUT2D eigenvalue weighted by Gasteiger charge is 2.29. The molecule has 1 fully saturated rings. The van der Waals surface area contributed by atoms with Crippen molar-refractivity contribution in [3.63, 3.8) is 0 Å². The molecule has 0 radical (unpaired) electrons. The second kappa shape index (κ2) is 7.75. The van der Waals surface area contributed by atoms with Gasteiger partial charge in [0.05, 0.1) is 17.9 Å². The molecular formula is C20H20FN5O2. The van der Waals surface area contributed by atoms with Crippen LogP contribution in [0.15, 0.2) is 49.1 Å². The number of amides is 1. The summed E-state index contributed by atoms with van der Waals surface area (Å²) in [4.78, 5) is 22.4. The molecule has 3 aromatic rings. The topological polar surface area (TPSA) is 73.1 Å². The van der Waals surface area contributed by atoms with Gasteiger partial charge >= 0.3 is 0 Å². The van der Waals surface area contributed by atoms with E-state index in [-0.39, 0.29) is 17.9 Å². The summed E-state index contributed by atoms with van der Waals surface area (Å²) in [6.45, 7) is 2.75. The summed E-state index contributed by atoms with van der Waals surface area (Å²) in [6, 6.07) is 9.13. The molecule has 0 spiro atoms. The summed E-state index contributed by atoms with van der Waals surface area (Å²) in [6.07, 6.45) is 5.60. The monoisotopic (exact) mass is 381 g/mol. The molecule has 0 aliphatic carbocycles. The minimum Gasteiger partial charge on any atom is -0.470 e. The number of rotatable bonds is 5. The van der Waals surface area contributed by atoms with Gasteiger partial charge in [-0.3, -0.25) is 4.79 Å². The molecule has 0 saturated carbocycles. The average molecular weight is 381 g/mol. The third-order valence-electron chi connectivity index (χ3n) is 4.74. The van der Waals surface area contributed by atoms with Gasteiger partial charge in [-0.1, -0.05) is 13.0 Å². The Morgan fingerprint density at radius 1 is 1.32 bits per heavy atom. The summed E-state index contributed by atoms with van der Waals surface area (Å²) in [5.74, 6) is -0.661. The maximum Gasteiger partial charge on any atom is 0.254 e. The lowest BCUT2D eigenvalue weighted by Crippen LogP contribution is -2.31. The Morgan fingerprint density at radius 2 is 2.21 bits per heavy atom. The van der Waals surface area contributed by atoms with Crippen LogP contribution in [0.25, 0.3) is 5.69 Å². The van der Waals surface area contributed by atoms with E-state index in [1.165, 1.54) is 6.33 Å². The van der Waals surface area contributed by atoms with Crippen molar-refractivity contribution < 1.29 is 13.9 Å². The van der Waals surface area contributed by atoms with E-state index in [9.17, 15) is 9.18 Å². The van der Waals surface area contributed by atoms with Crippen LogP contribution in [-0.4, -0.2) is 49.7 Å². The summed E-state index contributed by atoms with van der Waals surface area (Å²) >= 11 is 0. The van der Waals surface area contributed by atoms with Gasteiger partial charge in [0, 0.05) is 30.9 Å². The fourth-order valence-corrected chi connectivity index (χ4v) is 3.27. The van der Waals surface area contributed by atoms with Crippen molar-refractivity contribution >= 4 is 5.91 Å². The minimum atomic E-state index is -0.526. The van der Waals surface area contributed by atoms with Crippen LogP contribution in [0.3, 0.4) is 0 Å². The summed E-state index contributed by atoms with van der Waals surface area (Å²) < 4.78 is 21.7. The zero-order valence-corrected chi connectivity index (χ0v) is 15.5. The SMILES string of the molecule is CCc1ncnc(O[C@@H]2CCN(C(=O)c3cccc(-n4cccn4)c3)C2)c1F. The zero-order chi connectivity index (χ0) is 19.5. The largest absolute Gasteiger partial charge is 0.470 e. The molecule has 8 heteroatoms. The van der Waals surface area contributed by atoms with Gasteiger partial charge in [-0.25, -0.2) is 9.67 Å². The summed E-state index contributed by atoms with van der Waals surface area (Å²) in [5.41, 5.74) is 1.72. The number of carbonyl (C=O) groups excluding carboxylic acids is 1. The Morgan fingerprint density at radius 3 is 3.00 bits per heavy atom. The van der Waals surface area contributed by atoms with Crippen molar-refractivity contribution in [2.45, 2.75) is 25.9 Å². The molecule has 4 rings (SSSR count). The number of carbonyl (C=O) groups is 1. The van der Waals surface area contributed by atoms with Gasteiger partial charge in [-0.2, -0.15) is 14.5 Å². The Balaban J connectivity index is 1.44. The minimum absolute atomic E-state index is 0.0492. The maximum absolute atomic E-state index is 14.3. The molecule has 7 nitrogen and oxygen atoms in total. The fraction of sp³-hybridized carbons (Fsp3) is 0.300. The van der Waals surface area contributed by atoms with Crippen LogP contribution in [0.4, 0.5) is 4.39 Å². The fourth-order valence-electron chi connectivity index (χ4n) is 3.27. The predicted molar refractivity (Wildman–Crippen MR) is 99.9 cm³/mol. The van der Waals surface area contributed by atoms with E-state index in [0.29, 0.717) is 37.2 Å². The van der Waals surface area contributed by atoms with Crippen molar-refractivity contribution in [3.05, 3.63) is 66.1 Å². The van der Waals surface area contributed by atoms with Gasteiger partial charge in [0.15, 0.2) is 0 Å². The molecule has 1 atom stereocenters. The first-order valence-corrected chi connectivity index (χ1v) is 9.21. The van der Waals surface area contributed by atoms with Gasteiger partial charge in [0.2, 0.25) is 5.82 Å². The number of aryl methyl sites for hydroxylation is 1. The van der Waals surface area contributed by atoms with Gasteiger partial charge in [-0.15, -0.1) is 0 Å². The number of nitrogens with zero attached hydrogens (tertiary/aromatic N) is 5. The van der Waals surface area contributed by atoms with Gasteiger partial charge in [0.1, 0.15) is 12.4 Å². The van der Waals surface area contributed by atoms with E-state index in [4.69, 9.17) is 4.74 Å². The molecule has 1 aliphatic rings. The zero-order valence-electron chi connectivity index (χ0n) is 15.5. The predicted octanol–water partition coefficient (Wildman–Crippen LogP) is 2.66. The highest BCUT2D eigenvalue weighted by Crippen LogP contribution is 2.22. The molecule has 0 bridgehead atoms. The third kappa shape index (κ3) is 3.58. The van der Waals surface area contributed by atoms with Crippen LogP contribution in [0.2, 0.25) is 0 Å². The molecule has 1 aromatic carbocycles. The average Bonchev–Trinajstić information content (AvgIpc) is 3.41. The molecule has 0 unspecified atom stereocenters. The number of halogens is 1. The molecule has 1 aliphatic heterocycles. The van der Waals surface area contributed by atoms with Crippen molar-refractivity contribution in [3.8, 4) is 11.6 Å². The van der Waals surface area contributed by atoms with Crippen LogP contribution in [-0.2, 0) is 6.42 Å². The standard InChI is InChI=1S/C20H20FN5O2/c1-2-17-18(21)19(23-13-22-17)28-16-7-10-25(12-16)20(27)14-5-3-6-15(11-14)26-9-4-8-24-26/h3-6,8-9,11,13,16H,2,7,10,12H2,1H3/t16-/m1/s1. The Hall–Kier alpha value is -3.29. The second-order valence-electron chi connectivity index (χ2n) is 6.57. The molecule has 2 aromatic heterocycles. The Bertz CT molecular complexity index is 976. The van der Waals surface area contributed by atoms with Crippen LogP contribution in [0.1, 0.15) is 29.4 Å². The quantitative estimate of drug-likeness (QED) is 0.679. The van der Waals surface area contributed by atoms with Crippen LogP contribution < -0.4 is 4.74 Å². The van der Waals surface area contributed by atoms with E-state index in [2.05, 4.69) is 15.1 Å². The van der Waals surface area contributed by atoms with E-state index >= 15 is 0 Å². The molecule has 3 heterocycles. The highest BCUT2D eigenvalue weighted by atomic mass is 19.1. The third-order valence-corrected chi connectivity index (χ3v) is 4.74. The van der Waals surface area contributed by atoms with E-state index in [1.54, 1.807) is 27.9 Å². The molecular weight excluding hydrogens is 361 g/mol. The normalized spacial score (nSPS) is 16.4. The lowest BCUT2D eigenvalue weighted by atomic mass is 10.2. The lowest BCUT2D eigenvalue weighted by Gasteiger charge is -2.18. The van der Waals surface area contributed by atoms with Crippen LogP contribution in [0, 0.1) is 5.82 Å². The van der Waals surface area contributed by atoms with Crippen LogP contribution in [0.5, 0.6) is 5.88 Å². The van der Waals surface area contributed by atoms with E-state index in [1.807, 2.05) is 31.3 Å². The first-order chi connectivity index (χ1) is 13.7. The van der Waals surface area contributed by atoms with Crippen molar-refractivity contribution in [2.24, 2.45) is 0 Å². The molecule has 1 amide bonds.